The number of hydrogen-bond acceptors (Lipinski definition) is 5. The molecule has 0 saturated heterocycles. The van der Waals surface area contributed by atoms with Crippen LogP contribution >= 0.6 is 0 Å². The smallest absolute Gasteiger partial charge is 0.338 e. The Hall–Kier alpha value is -4.26. The van der Waals surface area contributed by atoms with Gasteiger partial charge in [-0.1, -0.05) is 61.9 Å². The number of anilines is 1. The number of hydrogen-bond donors (Lipinski definition) is 1. The predicted molar refractivity (Wildman–Crippen MR) is 131 cm³/mol. The van der Waals surface area contributed by atoms with E-state index in [0.717, 1.165) is 23.3 Å². The van der Waals surface area contributed by atoms with Crippen LogP contribution in [0.25, 0.3) is 0 Å². The van der Waals surface area contributed by atoms with Crippen molar-refractivity contribution in [1.82, 2.24) is 4.90 Å². The van der Waals surface area contributed by atoms with E-state index in [0.29, 0.717) is 17.9 Å². The summed E-state index contributed by atoms with van der Waals surface area (Å²) < 4.78 is 5.25. The lowest BCUT2D eigenvalue weighted by molar-refractivity contribution is -0.119. The average molecular weight is 471 g/mol. The van der Waals surface area contributed by atoms with E-state index in [2.05, 4.69) is 5.32 Å². The van der Waals surface area contributed by atoms with Gasteiger partial charge in [0.2, 0.25) is 5.91 Å². The molecule has 1 N–H and O–H groups in total. The van der Waals surface area contributed by atoms with Crippen molar-refractivity contribution in [3.63, 3.8) is 0 Å². The van der Waals surface area contributed by atoms with E-state index < -0.39 is 29.7 Å². The number of benzene rings is 3. The van der Waals surface area contributed by atoms with E-state index >= 15 is 0 Å². The first-order valence-corrected chi connectivity index (χ1v) is 11.6. The minimum absolute atomic E-state index is 0.150. The second-order valence-electron chi connectivity index (χ2n) is 8.29. The molecule has 1 aliphatic heterocycles. The molecule has 1 atom stereocenters. The number of fused-ring (bicyclic) bond motifs is 1. The minimum Gasteiger partial charge on any atom is -0.462 e. The zero-order valence-corrected chi connectivity index (χ0v) is 19.4. The Balaban J connectivity index is 1.59. The van der Waals surface area contributed by atoms with Gasteiger partial charge in [0.05, 0.1) is 23.3 Å². The van der Waals surface area contributed by atoms with Crippen molar-refractivity contribution in [2.45, 2.75) is 32.2 Å². The molecule has 178 valence electrons. The van der Waals surface area contributed by atoms with Crippen LogP contribution in [0.5, 0.6) is 0 Å². The number of nitrogens with one attached hydrogen (secondary N) is 1. The number of esters is 1. The van der Waals surface area contributed by atoms with Gasteiger partial charge in [-0.2, -0.15) is 0 Å². The molecule has 0 bridgehead atoms. The van der Waals surface area contributed by atoms with E-state index in [-0.39, 0.29) is 17.5 Å². The molecule has 0 aromatic heterocycles. The fourth-order valence-electron chi connectivity index (χ4n) is 3.97. The Morgan fingerprint density at radius 3 is 2.20 bits per heavy atom. The Labute approximate surface area is 203 Å². The third-order valence-electron chi connectivity index (χ3n) is 5.81. The number of nitrogens with zero attached hydrogens (tertiary/aromatic N) is 1. The molecule has 35 heavy (non-hydrogen) atoms. The molecule has 0 fully saturated rings. The summed E-state index contributed by atoms with van der Waals surface area (Å²) in [5.74, 6) is -2.01. The molecule has 0 spiro atoms. The van der Waals surface area contributed by atoms with Gasteiger partial charge in [-0.05, 0) is 42.3 Å². The molecule has 4 rings (SSSR count). The van der Waals surface area contributed by atoms with Crippen molar-refractivity contribution in [3.05, 3.63) is 101 Å². The molecule has 7 heteroatoms. The Kier molecular flexibility index (Phi) is 7.35. The summed E-state index contributed by atoms with van der Waals surface area (Å²) in [6.07, 6.45) is 1.82. The second kappa shape index (κ2) is 10.8. The monoisotopic (exact) mass is 470 g/mol. The third-order valence-corrected chi connectivity index (χ3v) is 5.81. The number of rotatable bonds is 9. The van der Waals surface area contributed by atoms with Gasteiger partial charge in [-0.3, -0.25) is 19.3 Å². The summed E-state index contributed by atoms with van der Waals surface area (Å²) in [5.41, 5.74) is 2.03. The highest BCUT2D eigenvalue weighted by atomic mass is 16.5. The van der Waals surface area contributed by atoms with Crippen LogP contribution in [-0.2, 0) is 16.0 Å². The molecular weight excluding hydrogens is 444 g/mol. The highest BCUT2D eigenvalue weighted by molar-refractivity contribution is 6.23. The van der Waals surface area contributed by atoms with Gasteiger partial charge in [0.15, 0.2) is 0 Å². The van der Waals surface area contributed by atoms with Gasteiger partial charge in [0.25, 0.3) is 11.8 Å². The van der Waals surface area contributed by atoms with Gasteiger partial charge in [-0.25, -0.2) is 4.79 Å². The van der Waals surface area contributed by atoms with Crippen molar-refractivity contribution < 1.29 is 23.9 Å². The summed E-state index contributed by atoms with van der Waals surface area (Å²) in [6.45, 7) is 2.33. The van der Waals surface area contributed by atoms with Gasteiger partial charge < -0.3 is 10.1 Å². The number of carbonyl (C=O) groups excluding carboxylic acids is 4. The average Bonchev–Trinajstić information content (AvgIpc) is 3.13. The highest BCUT2D eigenvalue weighted by Gasteiger charge is 2.42. The molecule has 0 aliphatic carbocycles. The van der Waals surface area contributed by atoms with Crippen molar-refractivity contribution in [2.75, 3.05) is 11.9 Å². The molecule has 0 saturated carbocycles. The van der Waals surface area contributed by atoms with Crippen molar-refractivity contribution in [2.24, 2.45) is 0 Å². The van der Waals surface area contributed by atoms with E-state index in [1.54, 1.807) is 42.5 Å². The fourth-order valence-corrected chi connectivity index (χ4v) is 3.97. The summed E-state index contributed by atoms with van der Waals surface area (Å²) >= 11 is 0. The number of unbranched alkanes of at least 4 members (excludes halogenated alkanes) is 1. The van der Waals surface area contributed by atoms with E-state index in [1.165, 1.54) is 6.07 Å². The van der Waals surface area contributed by atoms with Crippen molar-refractivity contribution in [1.29, 1.82) is 0 Å². The molecule has 7 nitrogen and oxygen atoms in total. The lowest BCUT2D eigenvalue weighted by Gasteiger charge is -2.25. The van der Waals surface area contributed by atoms with Crippen LogP contribution in [-0.4, -0.2) is 41.2 Å². The summed E-state index contributed by atoms with van der Waals surface area (Å²) in [4.78, 5) is 53.1. The molecule has 3 amide bonds. The number of carbonyl (C=O) groups is 4. The lowest BCUT2D eigenvalue weighted by Crippen LogP contribution is -2.48. The maximum atomic E-state index is 13.5. The molecule has 3 aromatic rings. The van der Waals surface area contributed by atoms with E-state index in [9.17, 15) is 19.2 Å². The fraction of sp³-hybridized carbons (Fsp3) is 0.214. The Morgan fingerprint density at radius 1 is 0.886 bits per heavy atom. The summed E-state index contributed by atoms with van der Waals surface area (Å²) in [5, 5.41) is 2.78. The van der Waals surface area contributed by atoms with Crippen LogP contribution in [0.15, 0.2) is 78.9 Å². The maximum Gasteiger partial charge on any atom is 0.338 e. The van der Waals surface area contributed by atoms with Crippen molar-refractivity contribution in [3.8, 4) is 0 Å². The standard InChI is InChI=1S/C28H26N2O5/c1-2-3-16-35-28(34)20-12-9-13-21(18-20)29-25(31)24(17-19-10-5-4-6-11-19)30-26(32)22-14-7-8-15-23(22)27(30)33/h4-15,18,24H,2-3,16-17H2,1H3,(H,29,31). The van der Waals surface area contributed by atoms with Crippen molar-refractivity contribution >= 4 is 29.4 Å². The molecule has 1 unspecified atom stereocenters. The first kappa shape index (κ1) is 23.9. The van der Waals surface area contributed by atoms with Gasteiger partial charge in [-0.15, -0.1) is 0 Å². The SMILES string of the molecule is CCCCOC(=O)c1cccc(NC(=O)C(Cc2ccccc2)N2C(=O)c3ccccc3C2=O)c1. The summed E-state index contributed by atoms with van der Waals surface area (Å²) in [7, 11) is 0. The molecule has 0 radical (unpaired) electrons. The zero-order chi connectivity index (χ0) is 24.8. The molecule has 3 aromatic carbocycles. The van der Waals surface area contributed by atoms with Crippen LogP contribution in [0.4, 0.5) is 5.69 Å². The van der Waals surface area contributed by atoms with Gasteiger partial charge in [0.1, 0.15) is 6.04 Å². The van der Waals surface area contributed by atoms with Crippen LogP contribution in [0, 0.1) is 0 Å². The molecule has 1 aliphatic rings. The quantitative estimate of drug-likeness (QED) is 0.283. The highest BCUT2D eigenvalue weighted by Crippen LogP contribution is 2.27. The van der Waals surface area contributed by atoms with Gasteiger partial charge >= 0.3 is 5.97 Å². The zero-order valence-electron chi connectivity index (χ0n) is 19.4. The topological polar surface area (TPSA) is 92.8 Å². The van der Waals surface area contributed by atoms with E-state index in [4.69, 9.17) is 4.74 Å². The Bertz CT molecular complexity index is 1220. The largest absolute Gasteiger partial charge is 0.462 e. The lowest BCUT2D eigenvalue weighted by atomic mass is 10.0. The normalized spacial score (nSPS) is 13.3. The summed E-state index contributed by atoms with van der Waals surface area (Å²) in [6, 6.07) is 21.1. The van der Waals surface area contributed by atoms with Crippen LogP contribution in [0.3, 0.4) is 0 Å². The molecular formula is C28H26N2O5. The number of ether oxygens (including phenoxy) is 1. The first-order chi connectivity index (χ1) is 17.0. The van der Waals surface area contributed by atoms with Crippen LogP contribution in [0.2, 0.25) is 0 Å². The van der Waals surface area contributed by atoms with E-state index in [1.807, 2.05) is 37.3 Å². The van der Waals surface area contributed by atoms with Gasteiger partial charge in [0, 0.05) is 12.1 Å². The maximum absolute atomic E-state index is 13.5. The number of imide groups is 1. The third kappa shape index (κ3) is 5.30. The minimum atomic E-state index is -1.08. The second-order valence-corrected chi connectivity index (χ2v) is 8.29. The first-order valence-electron chi connectivity index (χ1n) is 11.6. The van der Waals surface area contributed by atoms with Crippen LogP contribution in [0.1, 0.15) is 56.4 Å². The molecule has 1 heterocycles. The van der Waals surface area contributed by atoms with Crippen LogP contribution < -0.4 is 5.32 Å². The predicted octanol–water partition coefficient (Wildman–Crippen LogP) is 4.49. The Morgan fingerprint density at radius 2 is 1.54 bits per heavy atom. The number of amides is 3.